The summed E-state index contributed by atoms with van der Waals surface area (Å²) in [6, 6.07) is 12.8. The molecule has 146 valence electrons. The van der Waals surface area contributed by atoms with Gasteiger partial charge in [-0.25, -0.2) is 15.0 Å². The summed E-state index contributed by atoms with van der Waals surface area (Å²) in [5.74, 6) is 0.0576. The maximum atomic E-state index is 12.1. The number of nitrogens with zero attached hydrogens (tertiary/aromatic N) is 4. The van der Waals surface area contributed by atoms with Gasteiger partial charge in [0, 0.05) is 31.0 Å². The van der Waals surface area contributed by atoms with E-state index >= 15 is 0 Å². The highest BCUT2D eigenvalue weighted by Crippen LogP contribution is 2.32. The second kappa shape index (κ2) is 7.12. The highest BCUT2D eigenvalue weighted by molar-refractivity contribution is 5.99. The SMILES string of the molecule is CNc1nc(Nc2ccc(N)cc2)c(C(N)=O)nc1-c1cccc2c1ncn2C. The normalized spacial score (nSPS) is 10.8. The third kappa shape index (κ3) is 3.29. The first-order valence-electron chi connectivity index (χ1n) is 8.90. The molecule has 0 aliphatic carbocycles. The molecule has 0 bridgehead atoms. The first-order valence-corrected chi connectivity index (χ1v) is 8.90. The Balaban J connectivity index is 1.88. The lowest BCUT2D eigenvalue weighted by molar-refractivity contribution is 0.0996. The molecular formula is C20H20N8O. The van der Waals surface area contributed by atoms with Crippen molar-refractivity contribution in [1.82, 2.24) is 19.5 Å². The second-order valence-electron chi connectivity index (χ2n) is 6.51. The number of carbonyl (C=O) groups is 1. The Labute approximate surface area is 166 Å². The maximum absolute atomic E-state index is 12.1. The van der Waals surface area contributed by atoms with Crippen LogP contribution in [0.1, 0.15) is 10.5 Å². The smallest absolute Gasteiger partial charge is 0.271 e. The monoisotopic (exact) mass is 388 g/mol. The Morgan fingerprint density at radius 1 is 1.07 bits per heavy atom. The zero-order chi connectivity index (χ0) is 20.5. The minimum absolute atomic E-state index is 0.0313. The average molecular weight is 388 g/mol. The van der Waals surface area contributed by atoms with Crippen molar-refractivity contribution in [2.75, 3.05) is 23.4 Å². The molecule has 2 aromatic heterocycles. The number of aryl methyl sites for hydroxylation is 1. The Bertz CT molecular complexity index is 1210. The van der Waals surface area contributed by atoms with Crippen LogP contribution >= 0.6 is 0 Å². The van der Waals surface area contributed by atoms with Crippen molar-refractivity contribution >= 4 is 40.0 Å². The molecule has 29 heavy (non-hydrogen) atoms. The van der Waals surface area contributed by atoms with Crippen LogP contribution < -0.4 is 22.1 Å². The van der Waals surface area contributed by atoms with Crippen LogP contribution in [0.3, 0.4) is 0 Å². The van der Waals surface area contributed by atoms with E-state index in [0.29, 0.717) is 22.9 Å². The summed E-state index contributed by atoms with van der Waals surface area (Å²) in [5.41, 5.74) is 15.6. The molecule has 2 heterocycles. The number of hydrogen-bond donors (Lipinski definition) is 4. The first kappa shape index (κ1) is 18.2. The molecule has 1 amide bonds. The Morgan fingerprint density at radius 3 is 2.52 bits per heavy atom. The van der Waals surface area contributed by atoms with Gasteiger partial charge in [-0.1, -0.05) is 12.1 Å². The molecule has 2 aromatic carbocycles. The van der Waals surface area contributed by atoms with Crippen molar-refractivity contribution in [3.05, 3.63) is 54.5 Å². The van der Waals surface area contributed by atoms with E-state index in [1.807, 2.05) is 29.8 Å². The fourth-order valence-corrected chi connectivity index (χ4v) is 3.11. The van der Waals surface area contributed by atoms with Gasteiger partial charge in [-0.2, -0.15) is 0 Å². The molecule has 4 rings (SSSR count). The number of para-hydroxylation sites is 1. The quantitative estimate of drug-likeness (QED) is 0.385. The summed E-state index contributed by atoms with van der Waals surface area (Å²) in [4.78, 5) is 25.7. The maximum Gasteiger partial charge on any atom is 0.271 e. The largest absolute Gasteiger partial charge is 0.399 e. The van der Waals surface area contributed by atoms with E-state index in [1.54, 1.807) is 37.6 Å². The Morgan fingerprint density at radius 2 is 1.83 bits per heavy atom. The Hall–Kier alpha value is -4.14. The van der Waals surface area contributed by atoms with Gasteiger partial charge in [0.2, 0.25) is 0 Å². The number of fused-ring (bicyclic) bond motifs is 1. The van der Waals surface area contributed by atoms with E-state index in [4.69, 9.17) is 11.5 Å². The molecule has 9 nitrogen and oxygen atoms in total. The topological polar surface area (TPSA) is 137 Å². The van der Waals surface area contributed by atoms with E-state index in [-0.39, 0.29) is 11.5 Å². The summed E-state index contributed by atoms with van der Waals surface area (Å²) < 4.78 is 1.91. The third-order valence-corrected chi connectivity index (χ3v) is 4.55. The fourth-order valence-electron chi connectivity index (χ4n) is 3.11. The first-order chi connectivity index (χ1) is 14.0. The molecule has 0 aliphatic heterocycles. The van der Waals surface area contributed by atoms with Crippen molar-refractivity contribution in [1.29, 1.82) is 0 Å². The lowest BCUT2D eigenvalue weighted by Crippen LogP contribution is -2.18. The van der Waals surface area contributed by atoms with E-state index < -0.39 is 5.91 Å². The van der Waals surface area contributed by atoms with E-state index in [2.05, 4.69) is 25.6 Å². The van der Waals surface area contributed by atoms with Crippen molar-refractivity contribution in [2.24, 2.45) is 12.8 Å². The number of nitrogens with one attached hydrogen (secondary N) is 2. The van der Waals surface area contributed by atoms with Crippen LogP contribution in [-0.2, 0) is 7.05 Å². The van der Waals surface area contributed by atoms with Gasteiger partial charge in [0.15, 0.2) is 17.3 Å². The van der Waals surface area contributed by atoms with Crippen LogP contribution in [0.15, 0.2) is 48.8 Å². The summed E-state index contributed by atoms with van der Waals surface area (Å²) in [7, 11) is 3.65. The van der Waals surface area contributed by atoms with Gasteiger partial charge < -0.3 is 26.7 Å². The molecule has 0 spiro atoms. The summed E-state index contributed by atoms with van der Waals surface area (Å²) >= 11 is 0. The number of benzene rings is 2. The average Bonchev–Trinajstić information content (AvgIpc) is 3.10. The van der Waals surface area contributed by atoms with Crippen molar-refractivity contribution in [3.8, 4) is 11.3 Å². The minimum Gasteiger partial charge on any atom is -0.399 e. The van der Waals surface area contributed by atoms with Gasteiger partial charge in [0.25, 0.3) is 5.91 Å². The van der Waals surface area contributed by atoms with Gasteiger partial charge in [-0.05, 0) is 30.3 Å². The van der Waals surface area contributed by atoms with Gasteiger partial charge in [0.05, 0.1) is 17.4 Å². The molecule has 9 heteroatoms. The van der Waals surface area contributed by atoms with Crippen molar-refractivity contribution < 1.29 is 4.79 Å². The van der Waals surface area contributed by atoms with E-state index in [9.17, 15) is 4.79 Å². The molecule has 0 unspecified atom stereocenters. The zero-order valence-electron chi connectivity index (χ0n) is 16.0. The van der Waals surface area contributed by atoms with E-state index in [1.165, 1.54) is 0 Å². The number of amides is 1. The molecule has 4 aromatic rings. The number of carbonyl (C=O) groups excluding carboxylic acids is 1. The van der Waals surface area contributed by atoms with Crippen molar-refractivity contribution in [3.63, 3.8) is 0 Å². The van der Waals surface area contributed by atoms with Gasteiger partial charge in [0.1, 0.15) is 5.69 Å². The summed E-state index contributed by atoms with van der Waals surface area (Å²) in [6.07, 6.45) is 1.73. The predicted molar refractivity (Wildman–Crippen MR) is 114 cm³/mol. The predicted octanol–water partition coefficient (Wildman–Crippen LogP) is 2.50. The summed E-state index contributed by atoms with van der Waals surface area (Å²) in [5, 5.41) is 6.13. The second-order valence-corrected chi connectivity index (χ2v) is 6.51. The zero-order valence-corrected chi connectivity index (χ0v) is 16.0. The molecule has 0 fully saturated rings. The number of nitrogens with two attached hydrogens (primary N) is 2. The molecule has 6 N–H and O–H groups in total. The molecule has 0 saturated heterocycles. The number of imidazole rings is 1. The number of nitrogen functional groups attached to an aromatic ring is 1. The van der Waals surface area contributed by atoms with Gasteiger partial charge >= 0.3 is 0 Å². The lowest BCUT2D eigenvalue weighted by Gasteiger charge is -2.14. The summed E-state index contributed by atoms with van der Waals surface area (Å²) in [6.45, 7) is 0. The number of aromatic nitrogens is 4. The standard InChI is InChI=1S/C20H20N8O/c1-23-19-16(13-4-3-5-14-15(13)24-10-28(14)2)26-17(18(22)29)20(27-19)25-12-8-6-11(21)7-9-12/h3-10H,21H2,1-2H3,(H2,22,29)(H2,23,25,27). The molecule has 0 aliphatic rings. The minimum atomic E-state index is -0.687. The van der Waals surface area contributed by atoms with Crippen LogP contribution in [0.2, 0.25) is 0 Å². The number of anilines is 4. The highest BCUT2D eigenvalue weighted by Gasteiger charge is 2.20. The van der Waals surface area contributed by atoms with Gasteiger partial charge in [-0.3, -0.25) is 4.79 Å². The van der Waals surface area contributed by atoms with Crippen molar-refractivity contribution in [2.45, 2.75) is 0 Å². The van der Waals surface area contributed by atoms with E-state index in [0.717, 1.165) is 16.6 Å². The fraction of sp³-hybridized carbons (Fsp3) is 0.100. The van der Waals surface area contributed by atoms with Crippen LogP contribution in [0.5, 0.6) is 0 Å². The lowest BCUT2D eigenvalue weighted by atomic mass is 10.1. The molecular weight excluding hydrogens is 368 g/mol. The highest BCUT2D eigenvalue weighted by atomic mass is 16.1. The van der Waals surface area contributed by atoms with Crippen LogP contribution in [-0.4, -0.2) is 32.5 Å². The van der Waals surface area contributed by atoms with Crippen LogP contribution in [0, 0.1) is 0 Å². The Kier molecular flexibility index (Phi) is 4.47. The number of hydrogen-bond acceptors (Lipinski definition) is 7. The number of primary amides is 1. The molecule has 0 atom stereocenters. The van der Waals surface area contributed by atoms with Crippen LogP contribution in [0.4, 0.5) is 23.0 Å². The molecule has 0 radical (unpaired) electrons. The third-order valence-electron chi connectivity index (χ3n) is 4.55. The van der Waals surface area contributed by atoms with Gasteiger partial charge in [-0.15, -0.1) is 0 Å². The van der Waals surface area contributed by atoms with Crippen LogP contribution in [0.25, 0.3) is 22.3 Å². The molecule has 0 saturated carbocycles. The number of rotatable bonds is 5.